The minimum atomic E-state index is -1.28. The Bertz CT molecular complexity index is 1380. The molecule has 0 saturated heterocycles. The van der Waals surface area contributed by atoms with Gasteiger partial charge in [0, 0.05) is 17.3 Å². The maximum absolute atomic E-state index is 13.4. The summed E-state index contributed by atoms with van der Waals surface area (Å²) in [6.45, 7) is 0. The lowest BCUT2D eigenvalue weighted by Gasteiger charge is -2.19. The number of halogens is 1. The second-order valence-electron chi connectivity index (χ2n) is 8.03. The zero-order valence-corrected chi connectivity index (χ0v) is 18.6. The van der Waals surface area contributed by atoms with Gasteiger partial charge in [0.05, 0.1) is 10.2 Å². The maximum Gasteiger partial charge on any atom is 0.331 e. The topological polar surface area (TPSA) is 133 Å². The van der Waals surface area contributed by atoms with Gasteiger partial charge in [0.2, 0.25) is 5.76 Å². The first-order valence-corrected chi connectivity index (χ1v) is 11.4. The number of hydrogen-bond donors (Lipinski definition) is 4. The quantitative estimate of drug-likeness (QED) is 0.173. The molecule has 1 aliphatic carbocycles. The van der Waals surface area contributed by atoms with E-state index in [0.717, 1.165) is 34.3 Å². The SMILES string of the molecule is O=C(O)C1(N=C(NO)c2cc(-c3ccc(Nc4nc5ccc(F)cc5s4)cc3)no2)CCCC1. The first kappa shape index (κ1) is 22.0. The molecule has 5 rings (SSSR count). The molecule has 1 fully saturated rings. The van der Waals surface area contributed by atoms with Gasteiger partial charge in [-0.05, 0) is 43.2 Å². The lowest BCUT2D eigenvalue weighted by atomic mass is 9.99. The first-order valence-electron chi connectivity index (χ1n) is 10.6. The highest BCUT2D eigenvalue weighted by Crippen LogP contribution is 2.34. The number of fused-ring (bicyclic) bond motifs is 1. The van der Waals surface area contributed by atoms with E-state index >= 15 is 0 Å². The van der Waals surface area contributed by atoms with E-state index in [1.807, 2.05) is 29.7 Å². The molecule has 1 aliphatic rings. The summed E-state index contributed by atoms with van der Waals surface area (Å²) in [5, 5.41) is 27.1. The Hall–Kier alpha value is -3.83. The Labute approximate surface area is 196 Å². The van der Waals surface area contributed by atoms with Crippen LogP contribution in [0.5, 0.6) is 0 Å². The van der Waals surface area contributed by atoms with E-state index in [2.05, 4.69) is 20.4 Å². The molecule has 174 valence electrons. The molecule has 2 aromatic heterocycles. The van der Waals surface area contributed by atoms with Crippen LogP contribution in [0.3, 0.4) is 0 Å². The van der Waals surface area contributed by atoms with Gasteiger partial charge < -0.3 is 14.9 Å². The summed E-state index contributed by atoms with van der Waals surface area (Å²) in [5.74, 6) is -1.27. The van der Waals surface area contributed by atoms with Gasteiger partial charge in [-0.25, -0.2) is 24.6 Å². The van der Waals surface area contributed by atoms with Gasteiger partial charge in [-0.15, -0.1) is 0 Å². The number of carbonyl (C=O) groups is 1. The number of anilines is 2. The van der Waals surface area contributed by atoms with E-state index in [1.165, 1.54) is 23.5 Å². The van der Waals surface area contributed by atoms with Gasteiger partial charge in [-0.2, -0.15) is 0 Å². The molecule has 2 aromatic carbocycles. The van der Waals surface area contributed by atoms with Crippen LogP contribution in [0.2, 0.25) is 0 Å². The lowest BCUT2D eigenvalue weighted by Crippen LogP contribution is -2.37. The summed E-state index contributed by atoms with van der Waals surface area (Å²) in [6.07, 6.45) is 2.30. The molecule has 11 heteroatoms. The van der Waals surface area contributed by atoms with Crippen LogP contribution in [0.25, 0.3) is 21.5 Å². The standard InChI is InChI=1S/C23H20FN5O4S/c24-14-5-8-16-19(11-14)34-22(26-16)25-15-6-3-13(4-7-15)17-12-18(33-29-17)20(28-32)27-23(21(30)31)9-1-2-10-23/h3-8,11-12,32H,1-2,9-10H2,(H,25,26)(H,27,28)(H,30,31). The third kappa shape index (κ3) is 4.22. The third-order valence-electron chi connectivity index (χ3n) is 5.79. The molecular weight excluding hydrogens is 461 g/mol. The van der Waals surface area contributed by atoms with Crippen molar-refractivity contribution in [3.63, 3.8) is 0 Å². The fraction of sp³-hybridized carbons (Fsp3) is 0.217. The minimum Gasteiger partial charge on any atom is -0.479 e. The Morgan fingerprint density at radius 1 is 1.15 bits per heavy atom. The van der Waals surface area contributed by atoms with Crippen molar-refractivity contribution >= 4 is 44.2 Å². The van der Waals surface area contributed by atoms with Crippen molar-refractivity contribution in [2.75, 3.05) is 5.32 Å². The van der Waals surface area contributed by atoms with Gasteiger partial charge in [-0.3, -0.25) is 5.21 Å². The Balaban J connectivity index is 1.34. The van der Waals surface area contributed by atoms with Gasteiger partial charge in [-0.1, -0.05) is 41.5 Å². The summed E-state index contributed by atoms with van der Waals surface area (Å²) in [7, 11) is 0. The normalized spacial score (nSPS) is 15.5. The van der Waals surface area contributed by atoms with Gasteiger partial charge in [0.1, 0.15) is 11.5 Å². The van der Waals surface area contributed by atoms with E-state index in [1.54, 1.807) is 12.1 Å². The molecular formula is C23H20FN5O4S. The number of aliphatic carboxylic acids is 1. The number of nitrogens with one attached hydrogen (secondary N) is 2. The van der Waals surface area contributed by atoms with Crippen LogP contribution in [0.15, 0.2) is 58.0 Å². The number of benzene rings is 2. The second-order valence-corrected chi connectivity index (χ2v) is 9.06. The molecule has 0 amide bonds. The number of nitrogens with zero attached hydrogens (tertiary/aromatic N) is 3. The fourth-order valence-electron chi connectivity index (χ4n) is 4.01. The smallest absolute Gasteiger partial charge is 0.331 e. The van der Waals surface area contributed by atoms with E-state index in [-0.39, 0.29) is 17.4 Å². The number of aromatic nitrogens is 2. The van der Waals surface area contributed by atoms with Crippen molar-refractivity contribution in [2.45, 2.75) is 31.2 Å². The van der Waals surface area contributed by atoms with Crippen LogP contribution in [0, 0.1) is 5.82 Å². The highest BCUT2D eigenvalue weighted by atomic mass is 32.1. The van der Waals surface area contributed by atoms with Gasteiger partial charge >= 0.3 is 5.97 Å². The van der Waals surface area contributed by atoms with Gasteiger partial charge in [0.25, 0.3) is 0 Å². The van der Waals surface area contributed by atoms with E-state index in [0.29, 0.717) is 23.7 Å². The minimum absolute atomic E-state index is 0.0754. The molecule has 1 saturated carbocycles. The molecule has 4 N–H and O–H groups in total. The van der Waals surface area contributed by atoms with Gasteiger partial charge in [0.15, 0.2) is 16.5 Å². The van der Waals surface area contributed by atoms with Crippen LogP contribution in [0.4, 0.5) is 15.2 Å². The van der Waals surface area contributed by atoms with E-state index < -0.39 is 11.5 Å². The van der Waals surface area contributed by atoms with Crippen molar-refractivity contribution in [3.8, 4) is 11.3 Å². The van der Waals surface area contributed by atoms with Crippen molar-refractivity contribution in [1.29, 1.82) is 0 Å². The van der Waals surface area contributed by atoms with E-state index in [9.17, 15) is 19.5 Å². The van der Waals surface area contributed by atoms with Crippen molar-refractivity contribution in [2.24, 2.45) is 4.99 Å². The molecule has 4 aromatic rings. The number of amidine groups is 1. The van der Waals surface area contributed by atoms with Crippen LogP contribution >= 0.6 is 11.3 Å². The average Bonchev–Trinajstić information content (AvgIpc) is 3.58. The van der Waals surface area contributed by atoms with Crippen molar-refractivity contribution in [1.82, 2.24) is 15.6 Å². The number of aliphatic imine (C=N–C) groups is 1. The zero-order valence-electron chi connectivity index (χ0n) is 17.8. The summed E-state index contributed by atoms with van der Waals surface area (Å²) in [4.78, 5) is 20.5. The highest BCUT2D eigenvalue weighted by Gasteiger charge is 2.42. The molecule has 0 spiro atoms. The monoisotopic (exact) mass is 481 g/mol. The number of hydrogen-bond acceptors (Lipinski definition) is 8. The van der Waals surface area contributed by atoms with Crippen molar-refractivity contribution < 1.29 is 24.0 Å². The molecule has 0 bridgehead atoms. The first-order chi connectivity index (χ1) is 16.5. The average molecular weight is 482 g/mol. The van der Waals surface area contributed by atoms with Crippen LogP contribution in [0.1, 0.15) is 31.4 Å². The Morgan fingerprint density at radius 2 is 1.91 bits per heavy atom. The summed E-state index contributed by atoms with van der Waals surface area (Å²) in [5.41, 5.74) is 3.43. The predicted octanol–water partition coefficient (Wildman–Crippen LogP) is 4.96. The lowest BCUT2D eigenvalue weighted by molar-refractivity contribution is -0.142. The number of hydroxylamine groups is 1. The molecule has 2 heterocycles. The van der Waals surface area contributed by atoms with Crippen LogP contribution in [-0.4, -0.2) is 37.8 Å². The molecule has 0 atom stereocenters. The number of carboxylic acids is 1. The highest BCUT2D eigenvalue weighted by molar-refractivity contribution is 7.22. The second kappa shape index (κ2) is 8.84. The summed E-state index contributed by atoms with van der Waals surface area (Å²) < 4.78 is 19.5. The molecule has 0 aliphatic heterocycles. The van der Waals surface area contributed by atoms with Crippen LogP contribution in [-0.2, 0) is 4.79 Å². The zero-order chi connectivity index (χ0) is 23.7. The Kier molecular flexibility index (Phi) is 5.72. The molecule has 0 unspecified atom stereocenters. The maximum atomic E-state index is 13.4. The third-order valence-corrected chi connectivity index (χ3v) is 6.72. The van der Waals surface area contributed by atoms with E-state index in [4.69, 9.17) is 4.52 Å². The molecule has 9 nitrogen and oxygen atoms in total. The Morgan fingerprint density at radius 3 is 2.62 bits per heavy atom. The van der Waals surface area contributed by atoms with Crippen LogP contribution < -0.4 is 10.8 Å². The summed E-state index contributed by atoms with van der Waals surface area (Å²) in [6, 6.07) is 13.4. The number of rotatable bonds is 6. The molecule has 34 heavy (non-hydrogen) atoms. The molecule has 0 radical (unpaired) electrons. The predicted molar refractivity (Wildman–Crippen MR) is 125 cm³/mol. The van der Waals surface area contributed by atoms with Crippen molar-refractivity contribution in [3.05, 3.63) is 60.1 Å². The fourth-order valence-corrected chi connectivity index (χ4v) is 4.92. The summed E-state index contributed by atoms with van der Waals surface area (Å²) >= 11 is 1.36. The number of thiazole rings is 1. The largest absolute Gasteiger partial charge is 0.479 e. The number of carboxylic acid groups (broad SMARTS) is 1.